The van der Waals surface area contributed by atoms with Crippen LogP contribution in [0.2, 0.25) is 0 Å². The van der Waals surface area contributed by atoms with Gasteiger partial charge in [0.25, 0.3) is 5.91 Å². The summed E-state index contributed by atoms with van der Waals surface area (Å²) in [6.45, 7) is 5.73. The molecule has 6 nitrogen and oxygen atoms in total. The molecule has 1 aromatic rings. The van der Waals surface area contributed by atoms with E-state index in [0.29, 0.717) is 5.82 Å². The number of hydrogen-bond donors (Lipinski definition) is 1. The average molecular weight is 290 g/mol. The molecule has 1 saturated heterocycles. The first-order valence-corrected chi connectivity index (χ1v) is 7.46. The van der Waals surface area contributed by atoms with Crippen molar-refractivity contribution >= 4 is 11.7 Å². The molecule has 6 heteroatoms. The summed E-state index contributed by atoms with van der Waals surface area (Å²) in [7, 11) is 0. The number of carbonyl (C=O) groups excluding carboxylic acids is 1. The molecule has 2 fully saturated rings. The summed E-state index contributed by atoms with van der Waals surface area (Å²) >= 11 is 0. The maximum atomic E-state index is 11.3. The van der Waals surface area contributed by atoms with Crippen LogP contribution >= 0.6 is 0 Å². The summed E-state index contributed by atoms with van der Waals surface area (Å²) in [6.07, 6.45) is 7.67. The number of primary amides is 1. The molecule has 0 aromatic carbocycles. The fourth-order valence-electron chi connectivity index (χ4n) is 3.58. The Morgan fingerprint density at radius 3 is 2.67 bits per heavy atom. The quantitative estimate of drug-likeness (QED) is 0.892. The summed E-state index contributed by atoms with van der Waals surface area (Å²) in [5.74, 6) is 0.154. The Morgan fingerprint density at radius 1 is 1.29 bits per heavy atom. The van der Waals surface area contributed by atoms with Gasteiger partial charge in [0.15, 0.2) is 0 Å². The van der Waals surface area contributed by atoms with Gasteiger partial charge in [-0.1, -0.05) is 12.8 Å². The van der Waals surface area contributed by atoms with Gasteiger partial charge in [-0.15, -0.1) is 0 Å². The fraction of sp³-hybridized carbons (Fsp3) is 0.667. The van der Waals surface area contributed by atoms with E-state index in [2.05, 4.69) is 28.7 Å². The van der Waals surface area contributed by atoms with Gasteiger partial charge in [0, 0.05) is 13.1 Å². The second-order valence-corrected chi connectivity index (χ2v) is 6.73. The Bertz CT molecular complexity index is 552. The lowest BCUT2D eigenvalue weighted by Gasteiger charge is -2.49. The molecule has 2 N–H and O–H groups in total. The van der Waals surface area contributed by atoms with Crippen LogP contribution in [0.5, 0.6) is 0 Å². The number of nitrogens with zero attached hydrogens (tertiary/aromatic N) is 3. The van der Waals surface area contributed by atoms with Crippen molar-refractivity contribution in [3.63, 3.8) is 0 Å². The normalized spacial score (nSPS) is 23.4. The van der Waals surface area contributed by atoms with Crippen molar-refractivity contribution in [2.75, 3.05) is 18.0 Å². The minimum Gasteiger partial charge on any atom is -0.365 e. The van der Waals surface area contributed by atoms with Crippen molar-refractivity contribution in [3.05, 3.63) is 18.1 Å². The van der Waals surface area contributed by atoms with Gasteiger partial charge in [-0.25, -0.2) is 4.98 Å². The SMILES string of the molecule is CC1(C)CN(c2cncc(C(N)=O)n2)CC2(CCCC2)O1. The van der Waals surface area contributed by atoms with E-state index in [0.717, 1.165) is 25.9 Å². The highest BCUT2D eigenvalue weighted by Gasteiger charge is 2.46. The molecule has 1 aromatic heterocycles. The molecular formula is C15H22N4O2. The van der Waals surface area contributed by atoms with E-state index in [1.807, 2.05) is 0 Å². The number of ether oxygens (including phenoxy) is 1. The first kappa shape index (κ1) is 14.3. The third kappa shape index (κ3) is 2.85. The predicted octanol–water partition coefficient (Wildman–Crippen LogP) is 1.50. The van der Waals surface area contributed by atoms with Crippen LogP contribution in [0.15, 0.2) is 12.4 Å². The summed E-state index contributed by atoms with van der Waals surface area (Å²) < 4.78 is 6.37. The molecule has 0 bridgehead atoms. The lowest BCUT2D eigenvalue weighted by molar-refractivity contribution is -0.148. The third-order valence-corrected chi connectivity index (χ3v) is 4.26. The van der Waals surface area contributed by atoms with E-state index in [-0.39, 0.29) is 16.9 Å². The van der Waals surface area contributed by atoms with Crippen LogP contribution in [0.3, 0.4) is 0 Å². The summed E-state index contributed by atoms with van der Waals surface area (Å²) in [5.41, 5.74) is 5.17. The molecule has 3 rings (SSSR count). The Morgan fingerprint density at radius 2 is 2.00 bits per heavy atom. The third-order valence-electron chi connectivity index (χ3n) is 4.26. The topological polar surface area (TPSA) is 81.3 Å². The molecule has 1 spiro atoms. The standard InChI is InChI=1S/C15H22N4O2/c1-14(2)9-19(10-15(21-14)5-3-4-6-15)12-8-17-7-11(18-12)13(16)20/h7-8H,3-6,9-10H2,1-2H3,(H2,16,20). The van der Waals surface area contributed by atoms with Gasteiger partial charge in [0.2, 0.25) is 0 Å². The molecule has 0 atom stereocenters. The maximum Gasteiger partial charge on any atom is 0.268 e. The Balaban J connectivity index is 1.90. The van der Waals surface area contributed by atoms with Gasteiger partial charge in [0.05, 0.1) is 23.6 Å². The zero-order valence-electron chi connectivity index (χ0n) is 12.6. The minimum atomic E-state index is -0.549. The number of anilines is 1. The Kier molecular flexibility index (Phi) is 3.36. The van der Waals surface area contributed by atoms with Gasteiger partial charge >= 0.3 is 0 Å². The van der Waals surface area contributed by atoms with Gasteiger partial charge in [-0.2, -0.15) is 0 Å². The van der Waals surface area contributed by atoms with Gasteiger partial charge in [-0.3, -0.25) is 9.78 Å². The van der Waals surface area contributed by atoms with E-state index in [9.17, 15) is 4.79 Å². The Hall–Kier alpha value is -1.69. The highest BCUT2D eigenvalue weighted by atomic mass is 16.5. The van der Waals surface area contributed by atoms with E-state index in [4.69, 9.17) is 10.5 Å². The van der Waals surface area contributed by atoms with Gasteiger partial charge in [-0.05, 0) is 26.7 Å². The molecule has 114 valence electrons. The molecule has 1 saturated carbocycles. The van der Waals surface area contributed by atoms with Crippen molar-refractivity contribution in [1.82, 2.24) is 9.97 Å². The molecule has 21 heavy (non-hydrogen) atoms. The molecule has 2 aliphatic rings. The summed E-state index contributed by atoms with van der Waals surface area (Å²) in [4.78, 5) is 21.9. The number of carbonyl (C=O) groups is 1. The lowest BCUT2D eigenvalue weighted by Crippen LogP contribution is -2.59. The van der Waals surface area contributed by atoms with Crippen LogP contribution in [-0.4, -0.2) is 40.2 Å². The smallest absolute Gasteiger partial charge is 0.268 e. The highest BCUT2D eigenvalue weighted by Crippen LogP contribution is 2.41. The van der Waals surface area contributed by atoms with Crippen LogP contribution < -0.4 is 10.6 Å². The number of amides is 1. The average Bonchev–Trinajstić information content (AvgIpc) is 2.84. The van der Waals surface area contributed by atoms with Gasteiger partial charge < -0.3 is 15.4 Å². The van der Waals surface area contributed by atoms with Crippen LogP contribution in [-0.2, 0) is 4.74 Å². The lowest BCUT2D eigenvalue weighted by atomic mass is 9.94. The maximum absolute atomic E-state index is 11.3. The first-order chi connectivity index (χ1) is 9.89. The van der Waals surface area contributed by atoms with Crippen LogP contribution in [0, 0.1) is 0 Å². The molecule has 0 radical (unpaired) electrons. The second-order valence-electron chi connectivity index (χ2n) is 6.73. The van der Waals surface area contributed by atoms with Crippen LogP contribution in [0.25, 0.3) is 0 Å². The molecular weight excluding hydrogens is 268 g/mol. The zero-order valence-corrected chi connectivity index (χ0v) is 12.6. The van der Waals surface area contributed by atoms with Gasteiger partial charge in [0.1, 0.15) is 11.5 Å². The largest absolute Gasteiger partial charge is 0.365 e. The van der Waals surface area contributed by atoms with Crippen molar-refractivity contribution in [2.45, 2.75) is 50.7 Å². The molecule has 1 amide bonds. The minimum absolute atomic E-state index is 0.0911. The van der Waals surface area contributed by atoms with Crippen molar-refractivity contribution in [3.8, 4) is 0 Å². The number of rotatable bonds is 2. The predicted molar refractivity (Wildman–Crippen MR) is 79.1 cm³/mol. The van der Waals surface area contributed by atoms with E-state index >= 15 is 0 Å². The summed E-state index contributed by atoms with van der Waals surface area (Å²) in [6, 6.07) is 0. The van der Waals surface area contributed by atoms with Crippen LogP contribution in [0.1, 0.15) is 50.0 Å². The number of nitrogens with two attached hydrogens (primary N) is 1. The second kappa shape index (κ2) is 4.94. The highest BCUT2D eigenvalue weighted by molar-refractivity contribution is 5.90. The first-order valence-electron chi connectivity index (χ1n) is 7.46. The zero-order chi connectivity index (χ0) is 15.1. The van der Waals surface area contributed by atoms with E-state index in [1.54, 1.807) is 6.20 Å². The number of aromatic nitrogens is 2. The van der Waals surface area contributed by atoms with E-state index in [1.165, 1.54) is 19.0 Å². The van der Waals surface area contributed by atoms with Crippen LogP contribution in [0.4, 0.5) is 5.82 Å². The molecule has 1 aliphatic heterocycles. The van der Waals surface area contributed by atoms with E-state index < -0.39 is 5.91 Å². The Labute approximate surface area is 124 Å². The molecule has 2 heterocycles. The van der Waals surface area contributed by atoms with Crippen molar-refractivity contribution in [2.24, 2.45) is 5.73 Å². The molecule has 1 aliphatic carbocycles. The fourth-order valence-corrected chi connectivity index (χ4v) is 3.58. The monoisotopic (exact) mass is 290 g/mol. The number of hydrogen-bond acceptors (Lipinski definition) is 5. The van der Waals surface area contributed by atoms with Crippen molar-refractivity contribution < 1.29 is 9.53 Å². The number of morpholine rings is 1. The molecule has 0 unspecified atom stereocenters. The summed E-state index contributed by atoms with van der Waals surface area (Å²) in [5, 5.41) is 0. The van der Waals surface area contributed by atoms with Crippen molar-refractivity contribution in [1.29, 1.82) is 0 Å².